The largest absolute Gasteiger partial charge is 0.462 e. The number of esters is 1. The molecule has 0 aromatic rings. The molecule has 1 N–H and O–H groups in total. The molecule has 0 saturated carbocycles. The molecule has 0 aromatic heterocycles. The third-order valence-electron chi connectivity index (χ3n) is 8.22. The summed E-state index contributed by atoms with van der Waals surface area (Å²) in [6, 6.07) is 3.24. The Hall–Kier alpha value is -0.326. The number of aliphatic hydroxyl groups is 1. The number of allylic oxidation sites excluding steroid dienone is 1. The van der Waals surface area contributed by atoms with E-state index in [0.29, 0.717) is 6.42 Å². The molecule has 244 valence electrons. The van der Waals surface area contributed by atoms with Crippen molar-refractivity contribution in [1.82, 2.24) is 0 Å². The molecule has 0 unspecified atom stereocenters. The molecule has 3 atom stereocenters. The van der Waals surface area contributed by atoms with E-state index in [1.54, 1.807) is 13.8 Å². The Kier molecular flexibility index (Phi) is 19.7. The van der Waals surface area contributed by atoms with Gasteiger partial charge in [-0.2, -0.15) is 0 Å². The fourth-order valence-corrected chi connectivity index (χ4v) is 10.1. The van der Waals surface area contributed by atoms with Gasteiger partial charge in [-0.05, 0) is 89.1 Å². The van der Waals surface area contributed by atoms with E-state index in [9.17, 15) is 14.5 Å². The third kappa shape index (κ3) is 15.8. The molecule has 0 aliphatic rings. The molecule has 0 aliphatic heterocycles. The Morgan fingerprint density at radius 3 is 1.95 bits per heavy atom. The zero-order valence-corrected chi connectivity index (χ0v) is 31.0. The monoisotopic (exact) mass is 638 g/mol. The standard InChI is InChI=1S/C30H63O8PSi2/c1-12-34-39(33,35-13-2)25-29(32)36-26(6)20-18-17-19-21-27(38-41(14-3,15-4)16-5)22-23-28(24-31)37-40(10,11)30(7,8)9/h19,21,26-28,31H,12-18,20,22-25H2,1-11H3/b21-19+/t26-,27-,28-/m0/s1. The van der Waals surface area contributed by atoms with Crippen molar-refractivity contribution in [2.24, 2.45) is 0 Å². The Morgan fingerprint density at radius 2 is 1.49 bits per heavy atom. The van der Waals surface area contributed by atoms with E-state index in [4.69, 9.17) is 22.6 Å². The topological polar surface area (TPSA) is 101 Å². The Balaban J connectivity index is 5.14. The van der Waals surface area contributed by atoms with Crippen LogP contribution in [0.1, 0.15) is 94.4 Å². The number of carbonyl (C=O) groups is 1. The van der Waals surface area contributed by atoms with Crippen LogP contribution in [0.3, 0.4) is 0 Å². The highest BCUT2D eigenvalue weighted by Crippen LogP contribution is 2.48. The van der Waals surface area contributed by atoms with Gasteiger partial charge in [-0.1, -0.05) is 53.7 Å². The van der Waals surface area contributed by atoms with Crippen LogP contribution < -0.4 is 0 Å². The number of unbranched alkanes of at least 4 members (excludes halogenated alkanes) is 1. The van der Waals surface area contributed by atoms with Crippen LogP contribution in [0.25, 0.3) is 0 Å². The second-order valence-corrected chi connectivity index (χ2v) is 24.0. The van der Waals surface area contributed by atoms with E-state index in [0.717, 1.165) is 43.8 Å². The fourth-order valence-electron chi connectivity index (χ4n) is 4.42. The lowest BCUT2D eigenvalue weighted by atomic mass is 10.1. The van der Waals surface area contributed by atoms with Gasteiger partial charge in [0.25, 0.3) is 0 Å². The van der Waals surface area contributed by atoms with Crippen molar-refractivity contribution < 1.29 is 37.1 Å². The van der Waals surface area contributed by atoms with Gasteiger partial charge < -0.3 is 27.7 Å². The van der Waals surface area contributed by atoms with Gasteiger partial charge in [0.05, 0.1) is 38.1 Å². The van der Waals surface area contributed by atoms with E-state index < -0.39 is 30.2 Å². The van der Waals surface area contributed by atoms with Gasteiger partial charge in [0.15, 0.2) is 16.6 Å². The molecule has 41 heavy (non-hydrogen) atoms. The molecular formula is C30H63O8PSi2. The number of hydrogen-bond acceptors (Lipinski definition) is 8. The van der Waals surface area contributed by atoms with Crippen LogP contribution in [0.2, 0.25) is 36.3 Å². The van der Waals surface area contributed by atoms with Crippen LogP contribution in [0, 0.1) is 0 Å². The Morgan fingerprint density at radius 1 is 0.927 bits per heavy atom. The van der Waals surface area contributed by atoms with Crippen molar-refractivity contribution >= 4 is 30.2 Å². The van der Waals surface area contributed by atoms with Gasteiger partial charge in [0.2, 0.25) is 0 Å². The quantitative estimate of drug-likeness (QED) is 0.0391. The summed E-state index contributed by atoms with van der Waals surface area (Å²) in [5, 5.41) is 10.2. The second-order valence-electron chi connectivity index (χ2n) is 12.4. The first kappa shape index (κ1) is 40.7. The normalized spacial score (nSPS) is 15.7. The Bertz CT molecular complexity index is 778. The van der Waals surface area contributed by atoms with Gasteiger partial charge in [0, 0.05) is 0 Å². The Labute approximate surface area is 254 Å². The van der Waals surface area contributed by atoms with Gasteiger partial charge >= 0.3 is 13.6 Å². The summed E-state index contributed by atoms with van der Waals surface area (Å²) in [6.45, 7) is 23.5. The summed E-state index contributed by atoms with van der Waals surface area (Å²) in [5.41, 5.74) is 0. The van der Waals surface area contributed by atoms with Crippen LogP contribution in [-0.4, -0.2) is 72.0 Å². The second kappa shape index (κ2) is 19.9. The van der Waals surface area contributed by atoms with Crippen LogP contribution in [-0.2, 0) is 32.0 Å². The summed E-state index contributed by atoms with van der Waals surface area (Å²) < 4.78 is 41.8. The van der Waals surface area contributed by atoms with Gasteiger partial charge in [-0.15, -0.1) is 0 Å². The molecule has 0 fully saturated rings. The number of ether oxygens (including phenoxy) is 1. The molecule has 0 saturated heterocycles. The summed E-state index contributed by atoms with van der Waals surface area (Å²) in [7, 11) is -7.27. The van der Waals surface area contributed by atoms with Gasteiger partial charge in [-0.3, -0.25) is 9.36 Å². The van der Waals surface area contributed by atoms with E-state index in [-0.39, 0.29) is 49.3 Å². The minimum atomic E-state index is -3.46. The predicted molar refractivity (Wildman–Crippen MR) is 175 cm³/mol. The molecule has 8 nitrogen and oxygen atoms in total. The van der Waals surface area contributed by atoms with E-state index in [1.807, 2.05) is 6.92 Å². The van der Waals surface area contributed by atoms with Crippen LogP contribution in [0.15, 0.2) is 12.2 Å². The minimum Gasteiger partial charge on any atom is -0.462 e. The van der Waals surface area contributed by atoms with Gasteiger partial charge in [-0.25, -0.2) is 0 Å². The maximum Gasteiger partial charge on any atom is 0.341 e. The van der Waals surface area contributed by atoms with Crippen molar-refractivity contribution in [2.45, 2.75) is 149 Å². The highest BCUT2D eigenvalue weighted by atomic mass is 31.2. The fraction of sp³-hybridized carbons (Fsp3) is 0.900. The molecule has 0 bridgehead atoms. The number of rotatable bonds is 23. The highest BCUT2D eigenvalue weighted by Gasteiger charge is 2.39. The number of aliphatic hydroxyl groups excluding tert-OH is 1. The lowest BCUT2D eigenvalue weighted by molar-refractivity contribution is -0.145. The first-order valence-electron chi connectivity index (χ1n) is 15.8. The molecule has 0 radical (unpaired) electrons. The smallest absolute Gasteiger partial charge is 0.341 e. The zero-order chi connectivity index (χ0) is 31.7. The molecule has 11 heteroatoms. The van der Waals surface area contributed by atoms with E-state index in [1.165, 1.54) is 0 Å². The predicted octanol–water partition coefficient (Wildman–Crippen LogP) is 8.46. The van der Waals surface area contributed by atoms with Crippen LogP contribution in [0.5, 0.6) is 0 Å². The molecule has 0 aliphatic carbocycles. The molecule has 0 aromatic carbocycles. The molecule has 0 rings (SSSR count). The maximum atomic E-state index is 12.6. The lowest BCUT2D eigenvalue weighted by Crippen LogP contribution is -2.45. The first-order chi connectivity index (χ1) is 19.1. The number of carbonyl (C=O) groups excluding carboxylic acids is 1. The van der Waals surface area contributed by atoms with Crippen molar-refractivity contribution in [2.75, 3.05) is 26.0 Å². The van der Waals surface area contributed by atoms with Gasteiger partial charge in [0.1, 0.15) is 6.16 Å². The van der Waals surface area contributed by atoms with Crippen LogP contribution >= 0.6 is 7.60 Å². The average molecular weight is 639 g/mol. The highest BCUT2D eigenvalue weighted by molar-refractivity contribution is 7.54. The van der Waals surface area contributed by atoms with E-state index >= 15 is 0 Å². The summed E-state index contributed by atoms with van der Waals surface area (Å²) in [4.78, 5) is 12.3. The zero-order valence-electron chi connectivity index (χ0n) is 28.1. The summed E-state index contributed by atoms with van der Waals surface area (Å²) >= 11 is 0. The van der Waals surface area contributed by atoms with Crippen LogP contribution in [0.4, 0.5) is 0 Å². The molecule has 0 heterocycles. The average Bonchev–Trinajstić information content (AvgIpc) is 2.88. The van der Waals surface area contributed by atoms with Crippen molar-refractivity contribution in [1.29, 1.82) is 0 Å². The minimum absolute atomic E-state index is 0.0138. The summed E-state index contributed by atoms with van der Waals surface area (Å²) in [6.07, 6.45) is 7.41. The van der Waals surface area contributed by atoms with Crippen molar-refractivity contribution in [3.05, 3.63) is 12.2 Å². The lowest BCUT2D eigenvalue weighted by Gasteiger charge is -2.39. The SMILES string of the molecule is CCOP(=O)(CC(=O)O[C@@H](C)CCC/C=C/[C@@H](CC[C@@H](CO)O[Si](C)(C)C(C)(C)C)O[Si](CC)(CC)CC)OCC. The first-order valence-corrected chi connectivity index (χ1v) is 22.9. The third-order valence-corrected chi connectivity index (χ3v) is 19.4. The van der Waals surface area contributed by atoms with Crippen molar-refractivity contribution in [3.8, 4) is 0 Å². The number of hydrogen-bond donors (Lipinski definition) is 1. The molecular weight excluding hydrogens is 575 g/mol. The van der Waals surface area contributed by atoms with E-state index in [2.05, 4.69) is 66.8 Å². The molecule has 0 spiro atoms. The van der Waals surface area contributed by atoms with Crippen molar-refractivity contribution in [3.63, 3.8) is 0 Å². The maximum absolute atomic E-state index is 12.6. The molecule has 0 amide bonds. The summed E-state index contributed by atoms with van der Waals surface area (Å²) in [5.74, 6) is -0.565.